The van der Waals surface area contributed by atoms with E-state index in [0.717, 1.165) is 6.42 Å². The summed E-state index contributed by atoms with van der Waals surface area (Å²) in [6.45, 7) is -0.741. The quantitative estimate of drug-likeness (QED) is 0.328. The van der Waals surface area contributed by atoms with Crippen LogP contribution in [0.5, 0.6) is 0 Å². The van der Waals surface area contributed by atoms with Gasteiger partial charge in [0.15, 0.2) is 0 Å². The van der Waals surface area contributed by atoms with Crippen molar-refractivity contribution in [2.24, 2.45) is 17.3 Å². The molecule has 2 unspecified atom stereocenters. The topological polar surface area (TPSA) is 118 Å². The molecule has 28 heavy (non-hydrogen) atoms. The summed E-state index contributed by atoms with van der Waals surface area (Å²) >= 11 is 0. The lowest BCUT2D eigenvalue weighted by molar-refractivity contribution is -0.178. The lowest BCUT2D eigenvalue weighted by Gasteiger charge is -2.60. The minimum Gasteiger partial charge on any atom is -0.390 e. The second kappa shape index (κ2) is 6.50. The molecule has 164 valence electrons. The number of halogens is 4. The third-order valence-electron chi connectivity index (χ3n) is 6.09. The molecular weight excluding hydrogens is 432 g/mol. The van der Waals surface area contributed by atoms with Gasteiger partial charge in [0, 0.05) is 6.42 Å². The maximum atomic E-state index is 14.0. The predicted octanol–water partition coefficient (Wildman–Crippen LogP) is 2.17. The summed E-state index contributed by atoms with van der Waals surface area (Å²) in [6.07, 6.45) is 0.937. The molecule has 0 radical (unpaired) electrons. The van der Waals surface area contributed by atoms with Gasteiger partial charge in [0.25, 0.3) is 10.1 Å². The van der Waals surface area contributed by atoms with Crippen LogP contribution in [0, 0.1) is 17.3 Å². The maximum absolute atomic E-state index is 14.0. The molecule has 7 nitrogen and oxygen atoms in total. The predicted molar refractivity (Wildman–Crippen MR) is 87.9 cm³/mol. The minimum atomic E-state index is -6.09. The Morgan fingerprint density at radius 3 is 2.00 bits per heavy atom. The smallest absolute Gasteiger partial charge is 0.390 e. The Morgan fingerprint density at radius 1 is 1.00 bits per heavy atom. The zero-order valence-corrected chi connectivity index (χ0v) is 16.4. The number of hydrogen-bond acceptors (Lipinski definition) is 6. The largest absolute Gasteiger partial charge is 0.431 e. The van der Waals surface area contributed by atoms with Gasteiger partial charge in [-0.25, -0.2) is 0 Å². The normalized spacial score (nSPS) is 36.1. The fourth-order valence-corrected chi connectivity index (χ4v) is 6.97. The van der Waals surface area contributed by atoms with Crippen LogP contribution in [0.15, 0.2) is 0 Å². The van der Waals surface area contributed by atoms with Crippen molar-refractivity contribution in [3.05, 3.63) is 0 Å². The lowest BCUT2D eigenvalue weighted by atomic mass is 9.48. The second-order valence-electron chi connectivity index (χ2n) is 8.66. The monoisotopic (exact) mass is 454 g/mol. The van der Waals surface area contributed by atoms with Crippen molar-refractivity contribution in [1.82, 2.24) is 0 Å². The van der Waals surface area contributed by atoms with Crippen LogP contribution in [0.4, 0.5) is 17.6 Å². The second-order valence-corrected chi connectivity index (χ2v) is 11.9. The summed E-state index contributed by atoms with van der Waals surface area (Å²) in [5.74, 6) is -6.78. The zero-order chi connectivity index (χ0) is 21.2. The van der Waals surface area contributed by atoms with Gasteiger partial charge in [-0.1, -0.05) is 0 Å². The Balaban J connectivity index is 1.72. The Labute approximate surface area is 160 Å². The van der Waals surface area contributed by atoms with E-state index in [-0.39, 0.29) is 18.3 Å². The van der Waals surface area contributed by atoms with Gasteiger partial charge < -0.3 is 5.11 Å². The molecule has 4 bridgehead atoms. The SMILES string of the molecule is O=S(=O)(O)CCC(F)(F)C(F)(F)S(=O)(=O)OCC12CC3CC(CC(O)(C3)C1)C2. The average Bonchev–Trinajstić information content (AvgIpc) is 2.48. The van der Waals surface area contributed by atoms with Gasteiger partial charge in [-0.3, -0.25) is 8.74 Å². The third-order valence-corrected chi connectivity index (χ3v) is 8.16. The molecule has 4 aliphatic carbocycles. The first-order chi connectivity index (χ1) is 12.5. The maximum Gasteiger partial charge on any atom is 0.431 e. The van der Waals surface area contributed by atoms with Crippen molar-refractivity contribution in [1.29, 1.82) is 0 Å². The molecule has 0 aromatic carbocycles. The highest BCUT2D eigenvalue weighted by Gasteiger charge is 2.67. The Bertz CT molecular complexity index is 826. The summed E-state index contributed by atoms with van der Waals surface area (Å²) in [7, 11) is -11.1. The molecule has 0 aliphatic heterocycles. The molecule has 0 amide bonds. The molecule has 4 rings (SSSR count). The zero-order valence-electron chi connectivity index (χ0n) is 14.8. The van der Waals surface area contributed by atoms with Gasteiger partial charge in [0.05, 0.1) is 18.0 Å². The Kier molecular flexibility index (Phi) is 5.15. The molecule has 4 aliphatic rings. The van der Waals surface area contributed by atoms with Crippen molar-refractivity contribution >= 4 is 20.2 Å². The van der Waals surface area contributed by atoms with Crippen LogP contribution in [-0.2, 0) is 24.4 Å². The van der Waals surface area contributed by atoms with Crippen LogP contribution in [0.2, 0.25) is 0 Å². The fraction of sp³-hybridized carbons (Fsp3) is 1.00. The van der Waals surface area contributed by atoms with Gasteiger partial charge in [0.1, 0.15) is 0 Å². The molecule has 4 saturated carbocycles. The van der Waals surface area contributed by atoms with Gasteiger partial charge in [-0.05, 0) is 55.8 Å². The van der Waals surface area contributed by atoms with Crippen molar-refractivity contribution in [2.45, 2.75) is 61.7 Å². The van der Waals surface area contributed by atoms with E-state index in [9.17, 15) is 39.5 Å². The van der Waals surface area contributed by atoms with E-state index in [4.69, 9.17) is 4.55 Å². The lowest BCUT2D eigenvalue weighted by Crippen LogP contribution is -2.57. The number of alkyl halides is 4. The molecule has 2 atom stereocenters. The highest BCUT2D eigenvalue weighted by molar-refractivity contribution is 7.88. The number of rotatable bonds is 8. The molecule has 0 aromatic heterocycles. The van der Waals surface area contributed by atoms with Crippen molar-refractivity contribution in [3.8, 4) is 0 Å². The molecule has 4 fully saturated rings. The highest BCUT2D eigenvalue weighted by atomic mass is 32.2. The average molecular weight is 454 g/mol. The standard InChI is InChI=1S/C15H22F4O7S2/c16-14(17,1-2-27(21,22)23)15(18,19)28(24,25)26-9-12-4-10-3-11(5-12)7-13(20,6-10)8-12/h10-11,20H,1-9H2,(H,21,22,23). The summed E-state index contributed by atoms with van der Waals surface area (Å²) in [6, 6.07) is 0. The van der Waals surface area contributed by atoms with Crippen molar-refractivity contribution < 1.29 is 48.2 Å². The van der Waals surface area contributed by atoms with E-state index >= 15 is 0 Å². The van der Waals surface area contributed by atoms with Crippen LogP contribution in [0.3, 0.4) is 0 Å². The van der Waals surface area contributed by atoms with Gasteiger partial charge in [0.2, 0.25) is 0 Å². The van der Waals surface area contributed by atoms with Crippen LogP contribution >= 0.6 is 0 Å². The molecule has 2 N–H and O–H groups in total. The summed E-state index contributed by atoms with van der Waals surface area (Å²) in [4.78, 5) is 0. The first-order valence-corrected chi connectivity index (χ1v) is 11.8. The molecule has 0 heterocycles. The van der Waals surface area contributed by atoms with Gasteiger partial charge in [-0.15, -0.1) is 0 Å². The summed E-state index contributed by atoms with van der Waals surface area (Å²) in [5.41, 5.74) is -1.88. The van der Waals surface area contributed by atoms with Gasteiger partial charge in [-0.2, -0.15) is 34.4 Å². The van der Waals surface area contributed by atoms with Crippen LogP contribution in [0.25, 0.3) is 0 Å². The van der Waals surface area contributed by atoms with Crippen LogP contribution in [-0.4, -0.2) is 55.6 Å². The summed E-state index contributed by atoms with van der Waals surface area (Å²) < 4.78 is 113. The first kappa shape index (κ1) is 22.2. The molecule has 0 saturated heterocycles. The fourth-order valence-electron chi connectivity index (χ4n) is 5.43. The first-order valence-electron chi connectivity index (χ1n) is 8.80. The Morgan fingerprint density at radius 2 is 1.54 bits per heavy atom. The third kappa shape index (κ3) is 4.05. The van der Waals surface area contributed by atoms with Crippen molar-refractivity contribution in [3.63, 3.8) is 0 Å². The van der Waals surface area contributed by atoms with E-state index in [1.54, 1.807) is 0 Å². The number of hydrogen-bond donors (Lipinski definition) is 2. The summed E-state index contributed by atoms with van der Waals surface area (Å²) in [5, 5.41) is 4.90. The Hall–Kier alpha value is -0.500. The molecule has 0 aromatic rings. The van der Waals surface area contributed by atoms with Crippen LogP contribution < -0.4 is 0 Å². The van der Waals surface area contributed by atoms with E-state index in [1.165, 1.54) is 0 Å². The van der Waals surface area contributed by atoms with E-state index < -0.39 is 61.2 Å². The van der Waals surface area contributed by atoms with Crippen LogP contribution in [0.1, 0.15) is 44.9 Å². The molecule has 0 spiro atoms. The van der Waals surface area contributed by atoms with E-state index in [2.05, 4.69) is 4.18 Å². The highest BCUT2D eigenvalue weighted by Crippen LogP contribution is 2.61. The molecule has 13 heteroatoms. The molecular formula is C15H22F4O7S2. The van der Waals surface area contributed by atoms with Gasteiger partial charge >= 0.3 is 21.3 Å². The van der Waals surface area contributed by atoms with Crippen molar-refractivity contribution in [2.75, 3.05) is 12.4 Å². The number of aliphatic hydroxyl groups is 1. The minimum absolute atomic E-state index is 0.106. The van der Waals surface area contributed by atoms with E-state index in [1.807, 2.05) is 0 Å². The van der Waals surface area contributed by atoms with E-state index in [0.29, 0.717) is 25.7 Å².